The molecule has 0 aromatic heterocycles. The highest BCUT2D eigenvalue weighted by molar-refractivity contribution is 4.90. The van der Waals surface area contributed by atoms with Crippen LogP contribution in [0, 0.1) is 5.41 Å². The molecule has 1 aliphatic heterocycles. The number of hydrogen-bond acceptors (Lipinski definition) is 2. The predicted octanol–water partition coefficient (Wildman–Crippen LogP) is 1.45. The second kappa shape index (κ2) is 3.35. The van der Waals surface area contributed by atoms with Gasteiger partial charge in [-0.05, 0) is 25.7 Å². The van der Waals surface area contributed by atoms with Gasteiger partial charge in [0.2, 0.25) is 0 Å². The summed E-state index contributed by atoms with van der Waals surface area (Å²) in [6.45, 7) is 11.5. The lowest BCUT2D eigenvalue weighted by Crippen LogP contribution is -2.57. The van der Waals surface area contributed by atoms with Gasteiger partial charge in [-0.15, -0.1) is 0 Å². The summed E-state index contributed by atoms with van der Waals surface area (Å²) in [6.07, 6.45) is 1.12. The molecule has 2 N–H and O–H groups in total. The Morgan fingerprint density at radius 3 is 2.17 bits per heavy atom. The quantitative estimate of drug-likeness (QED) is 0.694. The van der Waals surface area contributed by atoms with E-state index in [1.165, 1.54) is 13.1 Å². The molecule has 0 spiro atoms. The molecule has 1 heterocycles. The van der Waals surface area contributed by atoms with Crippen LogP contribution in [0.3, 0.4) is 0 Å². The molecule has 1 aliphatic rings. The Balaban J connectivity index is 2.23. The van der Waals surface area contributed by atoms with E-state index in [1.807, 2.05) is 0 Å². The van der Waals surface area contributed by atoms with Crippen molar-refractivity contribution in [3.63, 3.8) is 0 Å². The molecule has 0 aromatic carbocycles. The highest BCUT2D eigenvalue weighted by atomic mass is 15.2. The topological polar surface area (TPSA) is 29.3 Å². The van der Waals surface area contributed by atoms with Gasteiger partial charge in [0.1, 0.15) is 0 Å². The van der Waals surface area contributed by atoms with Crippen LogP contribution in [-0.4, -0.2) is 30.1 Å². The maximum Gasteiger partial charge on any atom is 0.00820 e. The second-order valence-corrected chi connectivity index (χ2v) is 5.13. The average molecular weight is 170 g/mol. The zero-order valence-corrected chi connectivity index (χ0v) is 8.80. The molecule has 2 heteroatoms. The van der Waals surface area contributed by atoms with Crippen molar-refractivity contribution in [1.29, 1.82) is 0 Å². The first kappa shape index (κ1) is 10.0. The molecule has 1 rings (SSSR count). The van der Waals surface area contributed by atoms with E-state index in [0.717, 1.165) is 6.42 Å². The minimum Gasteiger partial charge on any atom is -0.328 e. The van der Waals surface area contributed by atoms with Gasteiger partial charge in [0, 0.05) is 25.2 Å². The van der Waals surface area contributed by atoms with E-state index in [4.69, 9.17) is 5.73 Å². The Kier molecular flexibility index (Phi) is 2.79. The lowest BCUT2D eigenvalue weighted by molar-refractivity contribution is -0.00405. The molecule has 0 amide bonds. The van der Waals surface area contributed by atoms with Gasteiger partial charge in [0.25, 0.3) is 0 Å². The first-order valence-electron chi connectivity index (χ1n) is 4.90. The van der Waals surface area contributed by atoms with Crippen LogP contribution in [0.4, 0.5) is 0 Å². The summed E-state index contributed by atoms with van der Waals surface area (Å²) in [5.41, 5.74) is 6.30. The van der Waals surface area contributed by atoms with Gasteiger partial charge in [-0.1, -0.05) is 13.8 Å². The maximum atomic E-state index is 5.75. The second-order valence-electron chi connectivity index (χ2n) is 5.13. The van der Waals surface area contributed by atoms with Crippen molar-refractivity contribution >= 4 is 0 Å². The van der Waals surface area contributed by atoms with Crippen LogP contribution in [-0.2, 0) is 0 Å². The lowest BCUT2D eigenvalue weighted by Gasteiger charge is -2.49. The van der Waals surface area contributed by atoms with Crippen LogP contribution < -0.4 is 5.73 Å². The standard InChI is InChI=1S/C10H22N2/c1-8(11)5-9(2)12-6-10(3,4)7-12/h8-9H,5-7,11H2,1-4H3. The first-order valence-corrected chi connectivity index (χ1v) is 4.90. The van der Waals surface area contributed by atoms with Crippen molar-refractivity contribution < 1.29 is 0 Å². The van der Waals surface area contributed by atoms with E-state index < -0.39 is 0 Å². The molecule has 2 unspecified atom stereocenters. The van der Waals surface area contributed by atoms with Gasteiger partial charge in [0.15, 0.2) is 0 Å². The Labute approximate surface area is 76.1 Å². The molecular weight excluding hydrogens is 148 g/mol. The Morgan fingerprint density at radius 1 is 1.33 bits per heavy atom. The van der Waals surface area contributed by atoms with Gasteiger partial charge < -0.3 is 5.73 Å². The summed E-state index contributed by atoms with van der Waals surface area (Å²) in [6, 6.07) is 1.00. The fourth-order valence-corrected chi connectivity index (χ4v) is 2.05. The van der Waals surface area contributed by atoms with Crippen LogP contribution in [0.25, 0.3) is 0 Å². The predicted molar refractivity (Wildman–Crippen MR) is 53.1 cm³/mol. The van der Waals surface area contributed by atoms with E-state index in [2.05, 4.69) is 32.6 Å². The van der Waals surface area contributed by atoms with E-state index >= 15 is 0 Å². The summed E-state index contributed by atoms with van der Waals surface area (Å²) >= 11 is 0. The zero-order chi connectivity index (χ0) is 9.35. The van der Waals surface area contributed by atoms with Gasteiger partial charge in [-0.2, -0.15) is 0 Å². The molecular formula is C10H22N2. The molecule has 1 saturated heterocycles. The van der Waals surface area contributed by atoms with Crippen LogP contribution in [0.15, 0.2) is 0 Å². The fraction of sp³-hybridized carbons (Fsp3) is 1.00. The molecule has 2 atom stereocenters. The van der Waals surface area contributed by atoms with Crippen LogP contribution >= 0.6 is 0 Å². The van der Waals surface area contributed by atoms with Gasteiger partial charge in [-0.3, -0.25) is 4.90 Å². The summed E-state index contributed by atoms with van der Waals surface area (Å²) in [7, 11) is 0. The number of rotatable bonds is 3. The number of nitrogens with two attached hydrogens (primary N) is 1. The highest BCUT2D eigenvalue weighted by Gasteiger charge is 2.36. The van der Waals surface area contributed by atoms with E-state index in [9.17, 15) is 0 Å². The smallest absolute Gasteiger partial charge is 0.00820 e. The zero-order valence-electron chi connectivity index (χ0n) is 8.80. The lowest BCUT2D eigenvalue weighted by atomic mass is 9.83. The first-order chi connectivity index (χ1) is 5.41. The molecule has 0 saturated carbocycles. The number of hydrogen-bond donors (Lipinski definition) is 1. The fourth-order valence-electron chi connectivity index (χ4n) is 2.05. The van der Waals surface area contributed by atoms with Crippen molar-refractivity contribution in [2.75, 3.05) is 13.1 Å². The molecule has 0 bridgehead atoms. The Bertz CT molecular complexity index is 141. The maximum absolute atomic E-state index is 5.75. The van der Waals surface area contributed by atoms with Crippen molar-refractivity contribution in [2.45, 2.75) is 46.2 Å². The molecule has 0 aliphatic carbocycles. The van der Waals surface area contributed by atoms with Crippen molar-refractivity contribution in [3.8, 4) is 0 Å². The Hall–Kier alpha value is -0.0800. The van der Waals surface area contributed by atoms with Gasteiger partial charge in [0.05, 0.1) is 0 Å². The molecule has 0 aromatic rings. The summed E-state index contributed by atoms with van der Waals surface area (Å²) < 4.78 is 0. The monoisotopic (exact) mass is 170 g/mol. The van der Waals surface area contributed by atoms with Crippen LogP contribution in [0.5, 0.6) is 0 Å². The van der Waals surface area contributed by atoms with E-state index in [0.29, 0.717) is 17.5 Å². The van der Waals surface area contributed by atoms with E-state index in [-0.39, 0.29) is 0 Å². The van der Waals surface area contributed by atoms with Crippen LogP contribution in [0.1, 0.15) is 34.1 Å². The van der Waals surface area contributed by atoms with Gasteiger partial charge in [-0.25, -0.2) is 0 Å². The molecule has 2 nitrogen and oxygen atoms in total. The normalized spacial score (nSPS) is 27.8. The van der Waals surface area contributed by atoms with Crippen molar-refractivity contribution in [3.05, 3.63) is 0 Å². The van der Waals surface area contributed by atoms with Crippen LogP contribution in [0.2, 0.25) is 0 Å². The van der Waals surface area contributed by atoms with Crippen molar-refractivity contribution in [2.24, 2.45) is 11.1 Å². The molecule has 72 valence electrons. The summed E-state index contributed by atoms with van der Waals surface area (Å²) in [4.78, 5) is 2.52. The third kappa shape index (κ3) is 2.46. The molecule has 1 fully saturated rings. The highest BCUT2D eigenvalue weighted by Crippen LogP contribution is 2.31. The average Bonchev–Trinajstić information content (AvgIpc) is 1.80. The Morgan fingerprint density at radius 2 is 1.83 bits per heavy atom. The third-order valence-electron chi connectivity index (χ3n) is 2.60. The largest absolute Gasteiger partial charge is 0.328 e. The minimum atomic E-state index is 0.337. The SMILES string of the molecule is CC(N)CC(C)N1CC(C)(C)C1. The third-order valence-corrected chi connectivity index (χ3v) is 2.60. The molecule has 0 radical (unpaired) electrons. The summed E-state index contributed by atoms with van der Waals surface area (Å²) in [5.74, 6) is 0. The molecule has 12 heavy (non-hydrogen) atoms. The number of likely N-dealkylation sites (tertiary alicyclic amines) is 1. The minimum absolute atomic E-state index is 0.337. The number of nitrogens with zero attached hydrogens (tertiary/aromatic N) is 1. The van der Waals surface area contributed by atoms with E-state index in [1.54, 1.807) is 0 Å². The summed E-state index contributed by atoms with van der Waals surface area (Å²) in [5, 5.41) is 0. The van der Waals surface area contributed by atoms with Crippen molar-refractivity contribution in [1.82, 2.24) is 4.90 Å². The van der Waals surface area contributed by atoms with Gasteiger partial charge >= 0.3 is 0 Å².